The molecule has 0 fully saturated rings. The molecule has 2 atom stereocenters. The predicted molar refractivity (Wildman–Crippen MR) is 119 cm³/mol. The van der Waals surface area contributed by atoms with Crippen molar-refractivity contribution in [1.82, 2.24) is 9.55 Å². The van der Waals surface area contributed by atoms with Crippen LogP contribution in [0.15, 0.2) is 34.2 Å². The lowest BCUT2D eigenvalue weighted by Crippen LogP contribution is -2.29. The van der Waals surface area contributed by atoms with Crippen LogP contribution in [0.2, 0.25) is 0 Å². The number of ether oxygens (including phenoxy) is 2. The van der Waals surface area contributed by atoms with E-state index in [0.717, 1.165) is 34.0 Å². The Balaban J connectivity index is 1.89. The van der Waals surface area contributed by atoms with Gasteiger partial charge in [-0.2, -0.15) is 0 Å². The number of nitrogens with zero attached hydrogens (tertiary/aromatic N) is 3. The second-order valence-electron chi connectivity index (χ2n) is 8.34. The molecule has 3 aromatic rings. The van der Waals surface area contributed by atoms with Crippen LogP contribution in [-0.2, 0) is 11.8 Å². The van der Waals surface area contributed by atoms with Crippen molar-refractivity contribution in [2.75, 3.05) is 13.3 Å². The first-order chi connectivity index (χ1) is 14.4. The monoisotopic (exact) mass is 408 g/mol. The molecule has 0 aliphatic carbocycles. The summed E-state index contributed by atoms with van der Waals surface area (Å²) < 4.78 is 13.6. The second-order valence-corrected chi connectivity index (χ2v) is 8.34. The first-order valence-corrected chi connectivity index (χ1v) is 10.3. The summed E-state index contributed by atoms with van der Waals surface area (Å²) >= 11 is 0. The molecule has 158 valence electrons. The summed E-state index contributed by atoms with van der Waals surface area (Å²) in [5.41, 5.74) is 8.56. The van der Waals surface area contributed by atoms with E-state index >= 15 is 0 Å². The Bertz CT molecular complexity index is 1180. The standard InChI is InChI=1S/C23H28N4O3/c1-13(2)7-15(24)11-29-20-9-19-17(8-18(20)21-10-25-12-30-21)16-5-6-26-14(3)22(16)23(28)27(19)4/h5-6,8-10,13,15,21H,7,11-12,24H2,1-4H3. The third-order valence-electron chi connectivity index (χ3n) is 5.54. The second kappa shape index (κ2) is 8.16. The van der Waals surface area contributed by atoms with Crippen LogP contribution in [-0.4, -0.2) is 35.1 Å². The van der Waals surface area contributed by atoms with Gasteiger partial charge in [-0.05, 0) is 36.8 Å². The fourth-order valence-corrected chi connectivity index (χ4v) is 4.11. The Hall–Kier alpha value is -2.77. The van der Waals surface area contributed by atoms with Gasteiger partial charge in [-0.3, -0.25) is 14.8 Å². The molecule has 1 aliphatic heterocycles. The quantitative estimate of drug-likeness (QED) is 0.632. The van der Waals surface area contributed by atoms with Crippen LogP contribution < -0.4 is 16.0 Å². The van der Waals surface area contributed by atoms with Gasteiger partial charge in [-0.1, -0.05) is 13.8 Å². The van der Waals surface area contributed by atoms with Crippen LogP contribution in [0, 0.1) is 12.8 Å². The van der Waals surface area contributed by atoms with Crippen LogP contribution in [0.4, 0.5) is 0 Å². The highest BCUT2D eigenvalue weighted by Crippen LogP contribution is 2.35. The van der Waals surface area contributed by atoms with E-state index in [-0.39, 0.29) is 17.7 Å². The summed E-state index contributed by atoms with van der Waals surface area (Å²) in [6.07, 6.45) is 4.11. The molecular weight excluding hydrogens is 380 g/mol. The molecule has 30 heavy (non-hydrogen) atoms. The molecule has 7 heteroatoms. The molecule has 0 radical (unpaired) electrons. The maximum atomic E-state index is 13.0. The molecule has 4 rings (SSSR count). The molecule has 7 nitrogen and oxygen atoms in total. The van der Waals surface area contributed by atoms with Crippen LogP contribution in [0.5, 0.6) is 5.75 Å². The third kappa shape index (κ3) is 3.70. The van der Waals surface area contributed by atoms with Gasteiger partial charge in [0.1, 0.15) is 25.2 Å². The lowest BCUT2D eigenvalue weighted by molar-refractivity contribution is 0.125. The zero-order chi connectivity index (χ0) is 21.4. The summed E-state index contributed by atoms with van der Waals surface area (Å²) in [6, 6.07) is 5.78. The van der Waals surface area contributed by atoms with Crippen molar-refractivity contribution in [3.63, 3.8) is 0 Å². The summed E-state index contributed by atoms with van der Waals surface area (Å²) in [5.74, 6) is 1.16. The number of rotatable bonds is 6. The molecule has 0 bridgehead atoms. The summed E-state index contributed by atoms with van der Waals surface area (Å²) in [4.78, 5) is 21.5. The van der Waals surface area contributed by atoms with E-state index in [1.807, 2.05) is 25.1 Å². The van der Waals surface area contributed by atoms with E-state index in [2.05, 4.69) is 23.8 Å². The van der Waals surface area contributed by atoms with Crippen molar-refractivity contribution in [1.29, 1.82) is 0 Å². The van der Waals surface area contributed by atoms with Crippen molar-refractivity contribution in [3.8, 4) is 5.75 Å². The number of fused-ring (bicyclic) bond motifs is 3. The van der Waals surface area contributed by atoms with Gasteiger partial charge in [0.25, 0.3) is 5.56 Å². The highest BCUT2D eigenvalue weighted by atomic mass is 16.5. The van der Waals surface area contributed by atoms with Gasteiger partial charge in [0, 0.05) is 42.5 Å². The van der Waals surface area contributed by atoms with E-state index in [1.165, 1.54) is 0 Å². The SMILES string of the molecule is Cc1nccc2c1c(=O)n(C)c1cc(OCC(N)CC(C)C)c(C3C=NCO3)cc21. The minimum Gasteiger partial charge on any atom is -0.491 e. The Morgan fingerprint density at radius 1 is 1.33 bits per heavy atom. The topological polar surface area (TPSA) is 91.7 Å². The van der Waals surface area contributed by atoms with Crippen LogP contribution in [0.25, 0.3) is 21.7 Å². The minimum atomic E-state index is -0.291. The number of hydrogen-bond donors (Lipinski definition) is 1. The van der Waals surface area contributed by atoms with Crippen molar-refractivity contribution in [2.45, 2.75) is 39.3 Å². The smallest absolute Gasteiger partial charge is 0.260 e. The highest BCUT2D eigenvalue weighted by molar-refractivity contribution is 6.07. The van der Waals surface area contributed by atoms with E-state index < -0.39 is 0 Å². The number of aryl methyl sites for hydroxylation is 2. The molecule has 3 heterocycles. The Labute approximate surface area is 175 Å². The molecule has 1 aliphatic rings. The lowest BCUT2D eigenvalue weighted by Gasteiger charge is -2.20. The summed E-state index contributed by atoms with van der Waals surface area (Å²) in [6.45, 7) is 6.86. The highest BCUT2D eigenvalue weighted by Gasteiger charge is 2.22. The summed E-state index contributed by atoms with van der Waals surface area (Å²) in [7, 11) is 1.78. The fourth-order valence-electron chi connectivity index (χ4n) is 4.11. The minimum absolute atomic E-state index is 0.0687. The zero-order valence-corrected chi connectivity index (χ0v) is 17.9. The van der Waals surface area contributed by atoms with Gasteiger partial charge in [0.2, 0.25) is 0 Å². The molecule has 2 aromatic heterocycles. The Morgan fingerprint density at radius 3 is 2.83 bits per heavy atom. The van der Waals surface area contributed by atoms with E-state index in [9.17, 15) is 4.79 Å². The number of pyridine rings is 2. The number of nitrogens with two attached hydrogens (primary N) is 1. The van der Waals surface area contributed by atoms with Crippen LogP contribution in [0.1, 0.15) is 37.6 Å². The molecule has 0 spiro atoms. The Morgan fingerprint density at radius 2 is 2.13 bits per heavy atom. The largest absolute Gasteiger partial charge is 0.491 e. The fraction of sp³-hybridized carbons (Fsp3) is 0.435. The van der Waals surface area contributed by atoms with Gasteiger partial charge >= 0.3 is 0 Å². The van der Waals surface area contributed by atoms with Gasteiger partial charge < -0.3 is 19.8 Å². The number of aliphatic imine (C=N–C) groups is 1. The van der Waals surface area contributed by atoms with E-state index in [1.54, 1.807) is 24.0 Å². The molecule has 0 amide bonds. The van der Waals surface area contributed by atoms with Gasteiger partial charge in [-0.15, -0.1) is 0 Å². The zero-order valence-electron chi connectivity index (χ0n) is 17.9. The van der Waals surface area contributed by atoms with Crippen molar-refractivity contribution < 1.29 is 9.47 Å². The van der Waals surface area contributed by atoms with E-state index in [4.69, 9.17) is 15.2 Å². The van der Waals surface area contributed by atoms with E-state index in [0.29, 0.717) is 30.4 Å². The number of benzene rings is 1. The number of aromatic nitrogens is 2. The van der Waals surface area contributed by atoms with Crippen molar-refractivity contribution in [2.24, 2.45) is 23.7 Å². The number of hydrogen-bond acceptors (Lipinski definition) is 6. The van der Waals surface area contributed by atoms with Gasteiger partial charge in [0.05, 0.1) is 16.6 Å². The van der Waals surface area contributed by atoms with Crippen LogP contribution in [0.3, 0.4) is 0 Å². The molecule has 2 unspecified atom stereocenters. The first kappa shape index (κ1) is 20.5. The summed E-state index contributed by atoms with van der Waals surface area (Å²) in [5, 5.41) is 2.46. The molecule has 0 saturated carbocycles. The maximum absolute atomic E-state index is 13.0. The normalized spacial score (nSPS) is 17.3. The molecule has 2 N–H and O–H groups in total. The van der Waals surface area contributed by atoms with Gasteiger partial charge in [0.15, 0.2) is 0 Å². The third-order valence-corrected chi connectivity index (χ3v) is 5.54. The molecule has 1 aromatic carbocycles. The average molecular weight is 409 g/mol. The first-order valence-electron chi connectivity index (χ1n) is 10.3. The van der Waals surface area contributed by atoms with Crippen molar-refractivity contribution in [3.05, 3.63) is 46.0 Å². The van der Waals surface area contributed by atoms with Crippen molar-refractivity contribution >= 4 is 27.9 Å². The van der Waals surface area contributed by atoms with Crippen LogP contribution >= 0.6 is 0 Å². The Kier molecular flexibility index (Phi) is 5.58. The lowest BCUT2D eigenvalue weighted by atomic mass is 10.0. The molecular formula is C23H28N4O3. The molecule has 0 saturated heterocycles. The predicted octanol–water partition coefficient (Wildman–Crippen LogP) is 3.25. The maximum Gasteiger partial charge on any atom is 0.260 e. The van der Waals surface area contributed by atoms with Gasteiger partial charge in [-0.25, -0.2) is 0 Å². The average Bonchev–Trinajstić information content (AvgIpc) is 3.24.